The molecule has 0 spiro atoms. The van der Waals surface area contributed by atoms with Gasteiger partial charge in [-0.25, -0.2) is 0 Å². The summed E-state index contributed by atoms with van der Waals surface area (Å²) >= 11 is 9.27. The van der Waals surface area contributed by atoms with Crippen molar-refractivity contribution in [3.05, 3.63) is 27.7 Å². The number of ether oxygens (including phenoxy) is 1. The van der Waals surface area contributed by atoms with Crippen molar-refractivity contribution in [2.45, 2.75) is 0 Å². The second-order valence-electron chi connectivity index (χ2n) is 4.17. The van der Waals surface area contributed by atoms with Gasteiger partial charge in [0.2, 0.25) is 0 Å². The highest BCUT2D eigenvalue weighted by molar-refractivity contribution is 9.10. The van der Waals surface area contributed by atoms with Crippen LogP contribution in [0, 0.1) is 0 Å². The monoisotopic (exact) mass is 335 g/mol. The molecule has 100 valence electrons. The first-order valence-electron chi connectivity index (χ1n) is 5.62. The van der Waals surface area contributed by atoms with Crippen LogP contribution in [0.4, 0.5) is 0 Å². The van der Waals surface area contributed by atoms with Crippen LogP contribution < -0.4 is 15.0 Å². The van der Waals surface area contributed by atoms with E-state index in [0.717, 1.165) is 11.0 Å². The lowest BCUT2D eigenvalue weighted by molar-refractivity contribution is -0.856. The number of hydrogen-bond acceptors (Lipinski definition) is 2. The number of benzene rings is 1. The molecule has 1 aromatic rings. The summed E-state index contributed by atoms with van der Waals surface area (Å²) in [6, 6.07) is 5.27. The fourth-order valence-corrected chi connectivity index (χ4v) is 1.97. The Bertz CT molecular complexity index is 413. The molecule has 0 saturated carbocycles. The standard InChI is InChI=1S/C12H16BrClN2O2/c1-16(2)6-5-15-12(17)8-18-11-4-3-9(13)7-10(11)14/h3-4,7H,5-6,8H2,1-2H3,(H,15,17)/p+1. The quantitative estimate of drug-likeness (QED) is 0.805. The Hall–Kier alpha value is -0.780. The summed E-state index contributed by atoms with van der Waals surface area (Å²) in [5.41, 5.74) is 0. The van der Waals surface area contributed by atoms with Crippen molar-refractivity contribution in [2.24, 2.45) is 0 Å². The Morgan fingerprint density at radius 3 is 2.83 bits per heavy atom. The van der Waals surface area contributed by atoms with Gasteiger partial charge in [0, 0.05) is 4.47 Å². The van der Waals surface area contributed by atoms with Crippen LogP contribution in [-0.2, 0) is 4.79 Å². The molecule has 2 N–H and O–H groups in total. The number of carbonyl (C=O) groups is 1. The molecule has 4 nitrogen and oxygen atoms in total. The zero-order valence-corrected chi connectivity index (χ0v) is 12.8. The second-order valence-corrected chi connectivity index (χ2v) is 5.49. The number of halogens is 2. The van der Waals surface area contributed by atoms with Gasteiger partial charge in [0.15, 0.2) is 6.61 Å². The van der Waals surface area contributed by atoms with Gasteiger partial charge < -0.3 is 15.0 Å². The largest absolute Gasteiger partial charge is 0.482 e. The lowest BCUT2D eigenvalue weighted by Crippen LogP contribution is -3.06. The van der Waals surface area contributed by atoms with Gasteiger partial charge >= 0.3 is 0 Å². The van der Waals surface area contributed by atoms with Crippen molar-refractivity contribution in [2.75, 3.05) is 33.8 Å². The molecule has 1 amide bonds. The van der Waals surface area contributed by atoms with Gasteiger partial charge in [-0.15, -0.1) is 0 Å². The van der Waals surface area contributed by atoms with Crippen LogP contribution in [0.3, 0.4) is 0 Å². The molecule has 0 heterocycles. The lowest BCUT2D eigenvalue weighted by atomic mass is 10.3. The molecular formula is C12H17BrClN2O2+. The summed E-state index contributed by atoms with van der Waals surface area (Å²) in [4.78, 5) is 12.8. The number of carbonyl (C=O) groups excluding carboxylic acids is 1. The van der Waals surface area contributed by atoms with Crippen molar-refractivity contribution in [3.8, 4) is 5.75 Å². The van der Waals surface area contributed by atoms with E-state index in [1.807, 2.05) is 20.2 Å². The summed E-state index contributed by atoms with van der Waals surface area (Å²) in [7, 11) is 4.06. The number of amides is 1. The summed E-state index contributed by atoms with van der Waals surface area (Å²) in [5, 5.41) is 3.26. The molecule has 1 aromatic carbocycles. The molecule has 0 radical (unpaired) electrons. The summed E-state index contributed by atoms with van der Waals surface area (Å²) in [6.45, 7) is 1.49. The Labute approximate surface area is 120 Å². The highest BCUT2D eigenvalue weighted by atomic mass is 79.9. The van der Waals surface area contributed by atoms with Crippen LogP contribution in [0.2, 0.25) is 5.02 Å². The molecule has 0 unspecified atom stereocenters. The molecule has 0 fully saturated rings. The zero-order valence-electron chi connectivity index (χ0n) is 10.4. The minimum absolute atomic E-state index is 0.0237. The predicted octanol–water partition coefficient (Wildman–Crippen LogP) is 0.742. The fraction of sp³-hybridized carbons (Fsp3) is 0.417. The fourth-order valence-electron chi connectivity index (χ4n) is 1.24. The average molecular weight is 337 g/mol. The van der Waals surface area contributed by atoms with Crippen LogP contribution >= 0.6 is 27.5 Å². The molecule has 0 bridgehead atoms. The Kier molecular flexibility index (Phi) is 6.46. The molecule has 6 heteroatoms. The van der Waals surface area contributed by atoms with E-state index in [0.29, 0.717) is 17.3 Å². The van der Waals surface area contributed by atoms with Crippen molar-refractivity contribution in [3.63, 3.8) is 0 Å². The molecule has 0 atom stereocenters. The van der Waals surface area contributed by atoms with Gasteiger partial charge in [0.25, 0.3) is 5.91 Å². The Morgan fingerprint density at radius 2 is 2.22 bits per heavy atom. The van der Waals surface area contributed by atoms with Crippen LogP contribution in [0.25, 0.3) is 0 Å². The highest BCUT2D eigenvalue weighted by Gasteiger charge is 2.06. The first kappa shape index (κ1) is 15.3. The van der Waals surface area contributed by atoms with Gasteiger partial charge in [0.1, 0.15) is 5.75 Å². The topological polar surface area (TPSA) is 42.8 Å². The number of quaternary nitrogens is 1. The highest BCUT2D eigenvalue weighted by Crippen LogP contribution is 2.27. The molecule has 0 aromatic heterocycles. The van der Waals surface area contributed by atoms with Crippen LogP contribution in [0.15, 0.2) is 22.7 Å². The van der Waals surface area contributed by atoms with Crippen molar-refractivity contribution < 1.29 is 14.4 Å². The molecule has 18 heavy (non-hydrogen) atoms. The normalized spacial score (nSPS) is 10.5. The summed E-state index contributed by atoms with van der Waals surface area (Å²) in [6.07, 6.45) is 0. The van der Waals surface area contributed by atoms with Gasteiger partial charge in [-0.05, 0) is 18.2 Å². The molecule has 0 aliphatic rings. The lowest BCUT2D eigenvalue weighted by Gasteiger charge is -2.10. The molecule has 0 saturated heterocycles. The van der Waals surface area contributed by atoms with E-state index in [2.05, 4.69) is 21.2 Å². The molecule has 1 rings (SSSR count). The first-order chi connectivity index (χ1) is 8.49. The van der Waals surface area contributed by atoms with E-state index in [1.54, 1.807) is 12.1 Å². The first-order valence-corrected chi connectivity index (χ1v) is 6.79. The van der Waals surface area contributed by atoms with Crippen molar-refractivity contribution in [1.82, 2.24) is 5.32 Å². The van der Waals surface area contributed by atoms with E-state index in [4.69, 9.17) is 16.3 Å². The number of nitrogens with one attached hydrogen (secondary N) is 2. The predicted molar refractivity (Wildman–Crippen MR) is 75.3 cm³/mol. The van der Waals surface area contributed by atoms with Crippen LogP contribution in [-0.4, -0.2) is 39.7 Å². The summed E-state index contributed by atoms with van der Waals surface area (Å²) in [5.74, 6) is 0.364. The maximum atomic E-state index is 11.5. The number of rotatable bonds is 6. The third kappa shape index (κ3) is 5.71. The number of likely N-dealkylation sites (N-methyl/N-ethyl adjacent to an activating group) is 1. The van der Waals surface area contributed by atoms with Crippen LogP contribution in [0.5, 0.6) is 5.75 Å². The minimum atomic E-state index is -0.143. The van der Waals surface area contributed by atoms with Gasteiger partial charge in [-0.3, -0.25) is 4.79 Å². The minimum Gasteiger partial charge on any atom is -0.482 e. The maximum absolute atomic E-state index is 11.5. The third-order valence-corrected chi connectivity index (χ3v) is 2.99. The Balaban J connectivity index is 2.33. The van der Waals surface area contributed by atoms with Crippen molar-refractivity contribution in [1.29, 1.82) is 0 Å². The molecular weight excluding hydrogens is 320 g/mol. The van der Waals surface area contributed by atoms with E-state index >= 15 is 0 Å². The van der Waals surface area contributed by atoms with Crippen LogP contribution in [0.1, 0.15) is 0 Å². The average Bonchev–Trinajstić information content (AvgIpc) is 2.27. The second kappa shape index (κ2) is 7.61. The Morgan fingerprint density at radius 1 is 1.50 bits per heavy atom. The maximum Gasteiger partial charge on any atom is 0.258 e. The molecule has 0 aliphatic heterocycles. The third-order valence-electron chi connectivity index (χ3n) is 2.20. The summed E-state index contributed by atoms with van der Waals surface area (Å²) < 4.78 is 6.21. The van der Waals surface area contributed by atoms with E-state index < -0.39 is 0 Å². The van der Waals surface area contributed by atoms with E-state index in [-0.39, 0.29) is 12.5 Å². The van der Waals surface area contributed by atoms with Crippen molar-refractivity contribution >= 4 is 33.4 Å². The van der Waals surface area contributed by atoms with Gasteiger partial charge in [-0.1, -0.05) is 27.5 Å². The van der Waals surface area contributed by atoms with Gasteiger partial charge in [-0.2, -0.15) is 0 Å². The van der Waals surface area contributed by atoms with E-state index in [1.165, 1.54) is 4.90 Å². The number of hydrogen-bond donors (Lipinski definition) is 2. The SMILES string of the molecule is C[NH+](C)CCNC(=O)COc1ccc(Br)cc1Cl. The smallest absolute Gasteiger partial charge is 0.258 e. The zero-order chi connectivity index (χ0) is 13.5. The van der Waals surface area contributed by atoms with E-state index in [9.17, 15) is 4.79 Å². The van der Waals surface area contributed by atoms with Gasteiger partial charge in [0.05, 0.1) is 32.2 Å². The molecule has 0 aliphatic carbocycles.